The van der Waals surface area contributed by atoms with Crippen molar-refractivity contribution in [1.82, 2.24) is 15.2 Å². The van der Waals surface area contributed by atoms with E-state index < -0.39 is 11.7 Å². The van der Waals surface area contributed by atoms with Gasteiger partial charge in [0, 0.05) is 25.3 Å². The van der Waals surface area contributed by atoms with Gasteiger partial charge in [-0.25, -0.2) is 0 Å². The number of halogens is 5. The molecule has 0 aromatic carbocycles. The van der Waals surface area contributed by atoms with Crippen molar-refractivity contribution in [1.29, 1.82) is 0 Å². The topological polar surface area (TPSA) is 45.2 Å². The molecule has 9 heteroatoms. The summed E-state index contributed by atoms with van der Waals surface area (Å²) in [6.07, 6.45) is -1.79. The third-order valence-corrected chi connectivity index (χ3v) is 4.25. The monoisotopic (exact) mass is 371 g/mol. The summed E-state index contributed by atoms with van der Waals surface area (Å²) in [4.78, 5) is 17.7. The summed E-state index contributed by atoms with van der Waals surface area (Å²) in [5, 5.41) is 3.40. The fourth-order valence-corrected chi connectivity index (χ4v) is 3.08. The van der Waals surface area contributed by atoms with Gasteiger partial charge in [-0.05, 0) is 37.4 Å². The van der Waals surface area contributed by atoms with Crippen LogP contribution >= 0.6 is 24.8 Å². The number of amides is 1. The summed E-state index contributed by atoms with van der Waals surface area (Å²) in [6, 6.07) is 2.53. The van der Waals surface area contributed by atoms with Crippen molar-refractivity contribution < 1.29 is 18.0 Å². The highest BCUT2D eigenvalue weighted by atomic mass is 35.5. The van der Waals surface area contributed by atoms with E-state index in [1.165, 1.54) is 0 Å². The molecule has 2 fully saturated rings. The molecule has 0 aliphatic carbocycles. The highest BCUT2D eigenvalue weighted by Gasteiger charge is 2.35. The standard InChI is InChI=1S/C14H16F3N3O.2ClH/c15-14(16,17)10-1-2-12(19-7-10)13(21)20-6-4-11-9(8-20)3-5-18-11;;/h1-2,7,9,11,18H,3-6,8H2;2*1H. The lowest BCUT2D eigenvalue weighted by Crippen LogP contribution is -2.47. The summed E-state index contributed by atoms with van der Waals surface area (Å²) < 4.78 is 37.4. The predicted molar refractivity (Wildman–Crippen MR) is 84.2 cm³/mol. The first-order valence-corrected chi connectivity index (χ1v) is 7.01. The first-order chi connectivity index (χ1) is 9.95. The molecule has 23 heavy (non-hydrogen) atoms. The molecule has 0 spiro atoms. The van der Waals surface area contributed by atoms with Crippen LogP contribution in [0.25, 0.3) is 0 Å². The Morgan fingerprint density at radius 1 is 1.26 bits per heavy atom. The molecule has 2 aliphatic rings. The van der Waals surface area contributed by atoms with Gasteiger partial charge in [-0.15, -0.1) is 24.8 Å². The molecule has 0 saturated carbocycles. The number of aromatic nitrogens is 1. The molecule has 2 unspecified atom stereocenters. The van der Waals surface area contributed by atoms with E-state index in [4.69, 9.17) is 0 Å². The Morgan fingerprint density at radius 3 is 2.61 bits per heavy atom. The van der Waals surface area contributed by atoms with E-state index in [1.54, 1.807) is 4.90 Å². The molecule has 1 aromatic rings. The first kappa shape index (κ1) is 20.0. The zero-order valence-corrected chi connectivity index (χ0v) is 13.8. The minimum Gasteiger partial charge on any atom is -0.337 e. The van der Waals surface area contributed by atoms with Gasteiger partial charge >= 0.3 is 6.18 Å². The van der Waals surface area contributed by atoms with Gasteiger partial charge < -0.3 is 10.2 Å². The minimum absolute atomic E-state index is 0. The number of alkyl halides is 3. The second-order valence-corrected chi connectivity index (χ2v) is 5.58. The van der Waals surface area contributed by atoms with E-state index in [0.717, 1.165) is 37.7 Å². The summed E-state index contributed by atoms with van der Waals surface area (Å²) in [5.74, 6) is 0.159. The van der Waals surface area contributed by atoms with E-state index in [2.05, 4.69) is 10.3 Å². The number of fused-ring (bicyclic) bond motifs is 1. The van der Waals surface area contributed by atoms with Crippen LogP contribution < -0.4 is 5.32 Å². The van der Waals surface area contributed by atoms with Gasteiger partial charge in [-0.3, -0.25) is 9.78 Å². The molecule has 3 rings (SSSR count). The number of hydrogen-bond acceptors (Lipinski definition) is 3. The molecule has 130 valence electrons. The van der Waals surface area contributed by atoms with Crippen molar-refractivity contribution in [2.75, 3.05) is 19.6 Å². The number of pyridine rings is 1. The highest BCUT2D eigenvalue weighted by Crippen LogP contribution is 2.29. The van der Waals surface area contributed by atoms with E-state index >= 15 is 0 Å². The Labute approximate surface area is 144 Å². The SMILES string of the molecule is Cl.Cl.O=C(c1ccc(C(F)(F)F)cn1)N1CCC2NCCC2C1. The second kappa shape index (κ2) is 7.68. The molecule has 1 amide bonds. The molecule has 4 nitrogen and oxygen atoms in total. The van der Waals surface area contributed by atoms with Crippen molar-refractivity contribution in [3.63, 3.8) is 0 Å². The Balaban J connectivity index is 0.00000132. The van der Waals surface area contributed by atoms with Crippen LogP contribution in [-0.4, -0.2) is 41.5 Å². The number of carbonyl (C=O) groups excluding carboxylic acids is 1. The molecule has 0 bridgehead atoms. The third-order valence-electron chi connectivity index (χ3n) is 4.25. The van der Waals surface area contributed by atoms with Crippen molar-refractivity contribution in [2.45, 2.75) is 25.1 Å². The maximum atomic E-state index is 12.5. The van der Waals surface area contributed by atoms with Crippen LogP contribution in [0.5, 0.6) is 0 Å². The average molecular weight is 372 g/mol. The quantitative estimate of drug-likeness (QED) is 0.825. The van der Waals surface area contributed by atoms with E-state index in [0.29, 0.717) is 25.0 Å². The zero-order valence-electron chi connectivity index (χ0n) is 12.2. The maximum Gasteiger partial charge on any atom is 0.417 e. The summed E-state index contributed by atoms with van der Waals surface area (Å²) in [7, 11) is 0. The van der Waals surface area contributed by atoms with Gasteiger partial charge in [0.05, 0.1) is 5.56 Å². The number of likely N-dealkylation sites (tertiary alicyclic amines) is 1. The van der Waals surface area contributed by atoms with Crippen LogP contribution in [0.2, 0.25) is 0 Å². The first-order valence-electron chi connectivity index (χ1n) is 7.01. The Hall–Kier alpha value is -1.05. The normalized spacial score (nSPS) is 23.5. The minimum atomic E-state index is -4.43. The van der Waals surface area contributed by atoms with Crippen LogP contribution in [0, 0.1) is 5.92 Å². The molecule has 1 N–H and O–H groups in total. The van der Waals surface area contributed by atoms with Crippen molar-refractivity contribution in [3.05, 3.63) is 29.6 Å². The number of nitrogens with zero attached hydrogens (tertiary/aromatic N) is 2. The lowest BCUT2D eigenvalue weighted by molar-refractivity contribution is -0.137. The van der Waals surface area contributed by atoms with Crippen molar-refractivity contribution in [2.24, 2.45) is 5.92 Å². The lowest BCUT2D eigenvalue weighted by atomic mass is 9.93. The number of hydrogen-bond donors (Lipinski definition) is 1. The van der Waals surface area contributed by atoms with Gasteiger partial charge in [0.15, 0.2) is 0 Å². The van der Waals surface area contributed by atoms with Crippen LogP contribution in [-0.2, 0) is 6.18 Å². The van der Waals surface area contributed by atoms with E-state index in [-0.39, 0.29) is 36.4 Å². The van der Waals surface area contributed by atoms with Gasteiger partial charge in [0.2, 0.25) is 0 Å². The Kier molecular flexibility index (Phi) is 6.68. The largest absolute Gasteiger partial charge is 0.417 e. The summed E-state index contributed by atoms with van der Waals surface area (Å²) >= 11 is 0. The van der Waals surface area contributed by atoms with E-state index in [1.807, 2.05) is 0 Å². The third kappa shape index (κ3) is 4.28. The van der Waals surface area contributed by atoms with Gasteiger partial charge in [0.1, 0.15) is 5.69 Å². The highest BCUT2D eigenvalue weighted by molar-refractivity contribution is 5.92. The van der Waals surface area contributed by atoms with Gasteiger partial charge in [-0.1, -0.05) is 0 Å². The fraction of sp³-hybridized carbons (Fsp3) is 0.571. The number of rotatable bonds is 1. The lowest BCUT2D eigenvalue weighted by Gasteiger charge is -2.34. The molecule has 2 atom stereocenters. The van der Waals surface area contributed by atoms with Crippen LogP contribution in [0.3, 0.4) is 0 Å². The zero-order chi connectivity index (χ0) is 15.0. The Bertz CT molecular complexity index is 539. The van der Waals surface area contributed by atoms with Crippen molar-refractivity contribution in [3.8, 4) is 0 Å². The molecule has 3 heterocycles. The summed E-state index contributed by atoms with van der Waals surface area (Å²) in [5.41, 5.74) is -0.759. The average Bonchev–Trinajstić information content (AvgIpc) is 2.93. The smallest absolute Gasteiger partial charge is 0.337 e. The molecular weight excluding hydrogens is 354 g/mol. The van der Waals surface area contributed by atoms with Crippen LogP contribution in [0.15, 0.2) is 18.3 Å². The number of carbonyl (C=O) groups is 1. The van der Waals surface area contributed by atoms with Gasteiger partial charge in [-0.2, -0.15) is 13.2 Å². The molecular formula is C14H18Cl2F3N3O. The molecule has 2 saturated heterocycles. The maximum absolute atomic E-state index is 12.5. The number of nitrogens with one attached hydrogen (secondary N) is 1. The van der Waals surface area contributed by atoms with Crippen LogP contribution in [0.4, 0.5) is 13.2 Å². The summed E-state index contributed by atoms with van der Waals surface area (Å²) in [6.45, 7) is 2.24. The molecule has 1 aromatic heterocycles. The van der Waals surface area contributed by atoms with Gasteiger partial charge in [0.25, 0.3) is 5.91 Å². The Morgan fingerprint density at radius 2 is 2.00 bits per heavy atom. The van der Waals surface area contributed by atoms with E-state index in [9.17, 15) is 18.0 Å². The van der Waals surface area contributed by atoms with Crippen LogP contribution in [0.1, 0.15) is 28.9 Å². The number of piperidine rings is 1. The second-order valence-electron chi connectivity index (χ2n) is 5.58. The molecule has 0 radical (unpaired) electrons. The fourth-order valence-electron chi connectivity index (χ4n) is 3.08. The predicted octanol–water partition coefficient (Wildman–Crippen LogP) is 2.77. The van der Waals surface area contributed by atoms with Crippen molar-refractivity contribution >= 4 is 30.7 Å². The molecule has 2 aliphatic heterocycles.